The van der Waals surface area contributed by atoms with Crippen LogP contribution in [0.15, 0.2) is 22.9 Å². The summed E-state index contributed by atoms with van der Waals surface area (Å²) in [6, 6.07) is 4.73. The molecule has 0 bridgehead atoms. The number of hydrogen-bond acceptors (Lipinski definition) is 4. The largest absolute Gasteiger partial charge is 0.351 e. The van der Waals surface area contributed by atoms with Gasteiger partial charge in [-0.15, -0.1) is 0 Å². The van der Waals surface area contributed by atoms with Crippen molar-refractivity contribution in [3.63, 3.8) is 0 Å². The Bertz CT molecular complexity index is 754. The second kappa shape index (κ2) is 5.40. The van der Waals surface area contributed by atoms with Crippen molar-refractivity contribution in [3.8, 4) is 6.07 Å². The number of fused-ring (bicyclic) bond motifs is 1. The molecular formula is C16H16BrN5. The molecule has 4 rings (SSSR count). The molecule has 2 aromatic heterocycles. The summed E-state index contributed by atoms with van der Waals surface area (Å²) in [5, 5.41) is 13.8. The van der Waals surface area contributed by atoms with E-state index in [0.717, 1.165) is 36.2 Å². The van der Waals surface area contributed by atoms with Crippen LogP contribution in [0.5, 0.6) is 0 Å². The second-order valence-corrected chi connectivity index (χ2v) is 6.90. The molecule has 1 saturated heterocycles. The third-order valence-electron chi connectivity index (χ3n) is 4.51. The summed E-state index contributed by atoms with van der Waals surface area (Å²) in [6.45, 7) is 1.71. The van der Waals surface area contributed by atoms with Gasteiger partial charge in [0, 0.05) is 25.0 Å². The predicted molar refractivity (Wildman–Crippen MR) is 86.8 cm³/mol. The lowest BCUT2D eigenvalue weighted by atomic mass is 9.94. The summed E-state index contributed by atoms with van der Waals surface area (Å²) in [7, 11) is 0. The molecule has 1 aliphatic heterocycles. The molecule has 5 nitrogen and oxygen atoms in total. The molecule has 2 aliphatic rings. The first-order valence-corrected chi connectivity index (χ1v) is 8.41. The molecule has 0 atom stereocenters. The number of pyridine rings is 1. The Morgan fingerprint density at radius 3 is 2.82 bits per heavy atom. The lowest BCUT2D eigenvalue weighted by Crippen LogP contribution is -2.48. The van der Waals surface area contributed by atoms with Crippen molar-refractivity contribution < 1.29 is 0 Å². The molecule has 0 spiro atoms. The highest BCUT2D eigenvalue weighted by Gasteiger charge is 2.32. The number of hydrogen-bond donors (Lipinski definition) is 0. The van der Waals surface area contributed by atoms with Crippen molar-refractivity contribution in [1.29, 1.82) is 5.26 Å². The summed E-state index contributed by atoms with van der Waals surface area (Å²) in [4.78, 5) is 6.99. The topological polar surface area (TPSA) is 57.7 Å². The van der Waals surface area contributed by atoms with E-state index in [1.165, 1.54) is 24.1 Å². The third kappa shape index (κ3) is 2.30. The van der Waals surface area contributed by atoms with Gasteiger partial charge in [-0.05, 0) is 53.2 Å². The van der Waals surface area contributed by atoms with E-state index in [1.807, 2.05) is 10.9 Å². The highest BCUT2D eigenvalue weighted by molar-refractivity contribution is 9.10. The van der Waals surface area contributed by atoms with Gasteiger partial charge in [0.15, 0.2) is 0 Å². The van der Waals surface area contributed by atoms with Gasteiger partial charge >= 0.3 is 0 Å². The van der Waals surface area contributed by atoms with Crippen LogP contribution in [0.3, 0.4) is 0 Å². The minimum atomic E-state index is 0.357. The summed E-state index contributed by atoms with van der Waals surface area (Å²) < 4.78 is 2.97. The van der Waals surface area contributed by atoms with Crippen LogP contribution in [0.2, 0.25) is 0 Å². The van der Waals surface area contributed by atoms with Crippen molar-refractivity contribution in [1.82, 2.24) is 14.8 Å². The van der Waals surface area contributed by atoms with Crippen LogP contribution in [0.4, 0.5) is 5.82 Å². The smallest absolute Gasteiger partial charge is 0.146 e. The average molecular weight is 358 g/mol. The van der Waals surface area contributed by atoms with Gasteiger partial charge in [0.25, 0.3) is 0 Å². The fourth-order valence-corrected chi connectivity index (χ4v) is 3.56. The molecule has 1 aliphatic carbocycles. The highest BCUT2D eigenvalue weighted by Crippen LogP contribution is 2.32. The molecule has 2 aromatic rings. The molecule has 3 heterocycles. The zero-order chi connectivity index (χ0) is 15.1. The van der Waals surface area contributed by atoms with E-state index in [2.05, 4.69) is 38.1 Å². The van der Waals surface area contributed by atoms with Crippen LogP contribution in [0.25, 0.3) is 0 Å². The third-order valence-corrected chi connectivity index (χ3v) is 4.92. The van der Waals surface area contributed by atoms with Crippen LogP contribution in [0, 0.1) is 11.3 Å². The van der Waals surface area contributed by atoms with Crippen molar-refractivity contribution in [2.75, 3.05) is 18.0 Å². The number of aryl methyl sites for hydroxylation is 2. The van der Waals surface area contributed by atoms with Crippen molar-refractivity contribution >= 4 is 21.7 Å². The highest BCUT2D eigenvalue weighted by atomic mass is 79.9. The molecule has 0 N–H and O–H groups in total. The Hall–Kier alpha value is -1.87. The number of aromatic nitrogens is 3. The fourth-order valence-electron chi connectivity index (χ4n) is 3.26. The fraction of sp³-hybridized carbons (Fsp3) is 0.438. The molecule has 112 valence electrons. The van der Waals surface area contributed by atoms with Crippen LogP contribution >= 0.6 is 15.9 Å². The van der Waals surface area contributed by atoms with E-state index in [4.69, 9.17) is 4.98 Å². The Kier molecular flexibility index (Phi) is 3.38. The number of halogens is 1. The Morgan fingerprint density at radius 2 is 2.09 bits per heavy atom. The van der Waals surface area contributed by atoms with Crippen molar-refractivity contribution in [2.24, 2.45) is 0 Å². The minimum absolute atomic E-state index is 0.357. The maximum atomic E-state index is 9.43. The first kappa shape index (κ1) is 13.8. The Balaban J connectivity index is 1.57. The quantitative estimate of drug-likeness (QED) is 0.828. The molecule has 0 saturated carbocycles. The van der Waals surface area contributed by atoms with Crippen LogP contribution in [-0.2, 0) is 12.8 Å². The second-order valence-electron chi connectivity index (χ2n) is 5.98. The van der Waals surface area contributed by atoms with Gasteiger partial charge in [-0.3, -0.25) is 4.68 Å². The summed E-state index contributed by atoms with van der Waals surface area (Å²) in [6.07, 6.45) is 8.31. The minimum Gasteiger partial charge on any atom is -0.351 e. The van der Waals surface area contributed by atoms with E-state index in [9.17, 15) is 5.26 Å². The number of anilines is 1. The van der Waals surface area contributed by atoms with Crippen molar-refractivity contribution in [2.45, 2.75) is 31.7 Å². The Labute approximate surface area is 137 Å². The molecule has 6 heteroatoms. The maximum Gasteiger partial charge on any atom is 0.146 e. The normalized spacial score (nSPS) is 17.7. The molecule has 0 radical (unpaired) electrons. The van der Waals surface area contributed by atoms with Crippen molar-refractivity contribution in [3.05, 3.63) is 39.8 Å². The zero-order valence-electron chi connectivity index (χ0n) is 12.2. The number of nitrogens with zero attached hydrogens (tertiary/aromatic N) is 5. The van der Waals surface area contributed by atoms with Gasteiger partial charge < -0.3 is 4.90 Å². The molecule has 22 heavy (non-hydrogen) atoms. The van der Waals surface area contributed by atoms with E-state index >= 15 is 0 Å². The summed E-state index contributed by atoms with van der Waals surface area (Å²) >= 11 is 3.43. The molecule has 0 aromatic carbocycles. The zero-order valence-corrected chi connectivity index (χ0v) is 13.8. The van der Waals surface area contributed by atoms with Gasteiger partial charge in [0.2, 0.25) is 0 Å². The standard InChI is InChI=1S/C16H16BrN5/c17-13-7-19-22(8-13)14-9-21(10-14)16-12(6-18)5-11-3-1-2-4-15(11)20-16/h5,7-8,14H,1-4,9-10H2. The van der Waals surface area contributed by atoms with E-state index in [0.29, 0.717) is 11.6 Å². The maximum absolute atomic E-state index is 9.43. The monoisotopic (exact) mass is 357 g/mol. The SMILES string of the molecule is N#Cc1cc2c(nc1N1CC(n3cc(Br)cn3)C1)CCCC2. The number of nitriles is 1. The average Bonchev–Trinajstić information content (AvgIpc) is 2.91. The van der Waals surface area contributed by atoms with E-state index in [-0.39, 0.29) is 0 Å². The summed E-state index contributed by atoms with van der Waals surface area (Å²) in [5.41, 5.74) is 3.16. The molecule has 0 unspecified atom stereocenters. The molecular weight excluding hydrogens is 342 g/mol. The first-order chi connectivity index (χ1) is 10.7. The lowest BCUT2D eigenvalue weighted by molar-refractivity contribution is 0.365. The van der Waals surface area contributed by atoms with Gasteiger partial charge in [0.1, 0.15) is 11.9 Å². The first-order valence-electron chi connectivity index (χ1n) is 7.62. The molecule has 0 amide bonds. The van der Waals surface area contributed by atoms with Crippen LogP contribution < -0.4 is 4.90 Å². The van der Waals surface area contributed by atoms with Crippen LogP contribution in [-0.4, -0.2) is 27.9 Å². The van der Waals surface area contributed by atoms with Gasteiger partial charge in [-0.1, -0.05) is 0 Å². The van der Waals surface area contributed by atoms with Gasteiger partial charge in [0.05, 0.1) is 22.3 Å². The predicted octanol–water partition coefficient (Wildman–Crippen LogP) is 2.85. The number of rotatable bonds is 2. The van der Waals surface area contributed by atoms with Gasteiger partial charge in [-0.2, -0.15) is 10.4 Å². The van der Waals surface area contributed by atoms with E-state index in [1.54, 1.807) is 6.20 Å². The van der Waals surface area contributed by atoms with E-state index < -0.39 is 0 Å². The summed E-state index contributed by atoms with van der Waals surface area (Å²) in [5.74, 6) is 0.852. The lowest BCUT2D eigenvalue weighted by Gasteiger charge is -2.40. The van der Waals surface area contributed by atoms with Gasteiger partial charge in [-0.25, -0.2) is 4.98 Å². The van der Waals surface area contributed by atoms with Crippen LogP contribution in [0.1, 0.15) is 35.7 Å². The Morgan fingerprint density at radius 1 is 1.27 bits per heavy atom. The molecule has 1 fully saturated rings.